The lowest BCUT2D eigenvalue weighted by Crippen LogP contribution is -2.36. The number of nitrogens with one attached hydrogen (secondary N) is 1. The summed E-state index contributed by atoms with van der Waals surface area (Å²) in [6, 6.07) is 6.26. The zero-order chi connectivity index (χ0) is 18.6. The highest BCUT2D eigenvalue weighted by molar-refractivity contribution is 5.92. The first kappa shape index (κ1) is 18.7. The van der Waals surface area contributed by atoms with Gasteiger partial charge < -0.3 is 15.1 Å². The number of hydrogen-bond donors (Lipinski definition) is 1. The van der Waals surface area contributed by atoms with E-state index in [0.717, 1.165) is 0 Å². The predicted molar refractivity (Wildman–Crippen MR) is 91.5 cm³/mol. The lowest BCUT2D eigenvalue weighted by atomic mass is 10.0. The highest BCUT2D eigenvalue weighted by atomic mass is 19.1. The first-order valence-corrected chi connectivity index (χ1v) is 7.71. The van der Waals surface area contributed by atoms with Crippen LogP contribution in [0.3, 0.4) is 0 Å². The Kier molecular flexibility index (Phi) is 5.97. The normalized spacial score (nSPS) is 12.1. The van der Waals surface area contributed by atoms with Crippen molar-refractivity contribution in [2.45, 2.75) is 6.04 Å². The second kappa shape index (κ2) is 7.98. The molecule has 1 aromatic carbocycles. The molecule has 0 aliphatic carbocycles. The van der Waals surface area contributed by atoms with Crippen LogP contribution in [-0.2, 0) is 0 Å². The Morgan fingerprint density at radius 2 is 1.72 bits per heavy atom. The molecule has 2 rings (SSSR count). The van der Waals surface area contributed by atoms with Gasteiger partial charge in [0.15, 0.2) is 11.5 Å². The third-order valence-corrected chi connectivity index (χ3v) is 3.75. The quantitative estimate of drug-likeness (QED) is 0.862. The van der Waals surface area contributed by atoms with Gasteiger partial charge in [0.2, 0.25) is 0 Å². The fourth-order valence-electron chi connectivity index (χ4n) is 2.34. The standard InChI is InChI=1S/C17H21F2N5O/c1-23(2)14(16-11(18)6-5-7-12(16)19)10-20-17(25)13-8-9-15(22-21-13)24(3)4/h5-9,14H,10H2,1-4H3,(H,20,25)/t14-/m1/s1. The molecule has 0 spiro atoms. The minimum atomic E-state index is -0.654. The van der Waals surface area contributed by atoms with E-state index in [-0.39, 0.29) is 17.8 Å². The van der Waals surface area contributed by atoms with E-state index in [4.69, 9.17) is 0 Å². The molecule has 0 fully saturated rings. The zero-order valence-electron chi connectivity index (χ0n) is 14.6. The van der Waals surface area contributed by atoms with Crippen molar-refractivity contribution < 1.29 is 13.6 Å². The highest BCUT2D eigenvalue weighted by Gasteiger charge is 2.23. The van der Waals surface area contributed by atoms with Crippen molar-refractivity contribution in [2.24, 2.45) is 0 Å². The average molecular weight is 349 g/mol. The minimum Gasteiger partial charge on any atom is -0.361 e. The number of anilines is 1. The second-order valence-corrected chi connectivity index (χ2v) is 6.00. The summed E-state index contributed by atoms with van der Waals surface area (Å²) in [6.45, 7) is 0.0286. The molecule has 1 N–H and O–H groups in total. The van der Waals surface area contributed by atoms with E-state index in [1.807, 2.05) is 14.1 Å². The Balaban J connectivity index is 2.12. The van der Waals surface area contributed by atoms with Gasteiger partial charge in [0.25, 0.3) is 5.91 Å². The van der Waals surface area contributed by atoms with E-state index in [0.29, 0.717) is 5.82 Å². The van der Waals surface area contributed by atoms with Crippen molar-refractivity contribution >= 4 is 11.7 Å². The third-order valence-electron chi connectivity index (χ3n) is 3.75. The van der Waals surface area contributed by atoms with E-state index in [1.54, 1.807) is 36.0 Å². The van der Waals surface area contributed by atoms with Crippen LogP contribution in [0.15, 0.2) is 30.3 Å². The maximum Gasteiger partial charge on any atom is 0.271 e. The Hall–Kier alpha value is -2.61. The molecule has 1 aromatic heterocycles. The Morgan fingerprint density at radius 3 is 2.20 bits per heavy atom. The molecule has 0 saturated heterocycles. The Morgan fingerprint density at radius 1 is 1.08 bits per heavy atom. The predicted octanol–water partition coefficient (Wildman–Crippen LogP) is 1.85. The van der Waals surface area contributed by atoms with Gasteiger partial charge in [0.05, 0.1) is 6.04 Å². The van der Waals surface area contributed by atoms with Crippen molar-refractivity contribution in [3.8, 4) is 0 Å². The molecule has 0 aliphatic rings. The number of halogens is 2. The summed E-state index contributed by atoms with van der Waals surface area (Å²) in [6.07, 6.45) is 0. The number of carbonyl (C=O) groups is 1. The van der Waals surface area contributed by atoms with Gasteiger partial charge in [-0.05, 0) is 38.4 Å². The summed E-state index contributed by atoms with van der Waals surface area (Å²) in [5.41, 5.74) is 0.0546. The van der Waals surface area contributed by atoms with Gasteiger partial charge in [-0.15, -0.1) is 10.2 Å². The fraction of sp³-hybridized carbons (Fsp3) is 0.353. The second-order valence-electron chi connectivity index (χ2n) is 6.00. The number of carbonyl (C=O) groups excluding carboxylic acids is 1. The van der Waals surface area contributed by atoms with E-state index < -0.39 is 23.6 Å². The summed E-state index contributed by atoms with van der Waals surface area (Å²) >= 11 is 0. The molecule has 2 aromatic rings. The number of likely N-dealkylation sites (N-methyl/N-ethyl adjacent to an activating group) is 1. The highest BCUT2D eigenvalue weighted by Crippen LogP contribution is 2.24. The molecule has 1 amide bonds. The lowest BCUT2D eigenvalue weighted by Gasteiger charge is -2.25. The first-order valence-electron chi connectivity index (χ1n) is 7.71. The van der Waals surface area contributed by atoms with Gasteiger partial charge in [-0.1, -0.05) is 6.07 Å². The molecule has 0 saturated carbocycles. The van der Waals surface area contributed by atoms with Gasteiger partial charge in [-0.25, -0.2) is 8.78 Å². The van der Waals surface area contributed by atoms with Gasteiger partial charge in [0.1, 0.15) is 11.6 Å². The maximum atomic E-state index is 14.0. The first-order chi connectivity index (χ1) is 11.8. The smallest absolute Gasteiger partial charge is 0.271 e. The van der Waals surface area contributed by atoms with Crippen LogP contribution in [0.1, 0.15) is 22.1 Å². The Labute approximate surface area is 145 Å². The van der Waals surface area contributed by atoms with Crippen LogP contribution in [0.25, 0.3) is 0 Å². The lowest BCUT2D eigenvalue weighted by molar-refractivity contribution is 0.0934. The third kappa shape index (κ3) is 4.48. The number of benzene rings is 1. The van der Waals surface area contributed by atoms with Gasteiger partial charge in [0, 0.05) is 26.2 Å². The zero-order valence-corrected chi connectivity index (χ0v) is 14.6. The van der Waals surface area contributed by atoms with Crippen LogP contribution >= 0.6 is 0 Å². The Bertz CT molecular complexity index is 714. The van der Waals surface area contributed by atoms with Gasteiger partial charge in [-0.3, -0.25) is 4.79 Å². The van der Waals surface area contributed by atoms with Crippen molar-refractivity contribution in [3.63, 3.8) is 0 Å². The van der Waals surface area contributed by atoms with E-state index in [1.165, 1.54) is 18.2 Å². The topological polar surface area (TPSA) is 61.4 Å². The molecule has 0 bridgehead atoms. The van der Waals surface area contributed by atoms with Crippen LogP contribution in [-0.4, -0.2) is 55.7 Å². The molecular formula is C17H21F2N5O. The van der Waals surface area contributed by atoms with Crippen molar-refractivity contribution in [1.82, 2.24) is 20.4 Å². The molecule has 134 valence electrons. The largest absolute Gasteiger partial charge is 0.361 e. The van der Waals surface area contributed by atoms with E-state index in [2.05, 4.69) is 15.5 Å². The molecule has 0 unspecified atom stereocenters. The van der Waals surface area contributed by atoms with Gasteiger partial charge >= 0.3 is 0 Å². The monoisotopic (exact) mass is 349 g/mol. The molecule has 0 aliphatic heterocycles. The van der Waals surface area contributed by atoms with Crippen LogP contribution in [0.5, 0.6) is 0 Å². The van der Waals surface area contributed by atoms with Gasteiger partial charge in [-0.2, -0.15) is 0 Å². The molecular weight excluding hydrogens is 328 g/mol. The summed E-state index contributed by atoms with van der Waals surface area (Å²) in [5.74, 6) is -1.14. The molecule has 1 heterocycles. The number of nitrogens with zero attached hydrogens (tertiary/aromatic N) is 4. The van der Waals surface area contributed by atoms with E-state index >= 15 is 0 Å². The number of rotatable bonds is 6. The van der Waals surface area contributed by atoms with Crippen molar-refractivity contribution in [1.29, 1.82) is 0 Å². The number of aromatic nitrogens is 2. The summed E-state index contributed by atoms with van der Waals surface area (Å²) < 4.78 is 28.0. The minimum absolute atomic E-state index is 0.0286. The van der Waals surface area contributed by atoms with Crippen molar-refractivity contribution in [2.75, 3.05) is 39.6 Å². The molecule has 6 nitrogen and oxygen atoms in total. The molecule has 8 heteroatoms. The SMILES string of the molecule is CN(C)c1ccc(C(=O)NC[C@H](c2c(F)cccc2F)N(C)C)nn1. The summed E-state index contributed by atoms with van der Waals surface area (Å²) in [4.78, 5) is 15.6. The van der Waals surface area contributed by atoms with Crippen LogP contribution in [0, 0.1) is 11.6 Å². The summed E-state index contributed by atoms with van der Waals surface area (Å²) in [5, 5.41) is 10.4. The molecule has 0 radical (unpaired) electrons. The molecule has 25 heavy (non-hydrogen) atoms. The van der Waals surface area contributed by atoms with Crippen LogP contribution in [0.2, 0.25) is 0 Å². The number of amides is 1. The molecule has 1 atom stereocenters. The summed E-state index contributed by atoms with van der Waals surface area (Å²) in [7, 11) is 7.01. The van der Waals surface area contributed by atoms with E-state index in [9.17, 15) is 13.6 Å². The van der Waals surface area contributed by atoms with Crippen LogP contribution in [0.4, 0.5) is 14.6 Å². The van der Waals surface area contributed by atoms with Crippen LogP contribution < -0.4 is 10.2 Å². The number of hydrogen-bond acceptors (Lipinski definition) is 5. The fourth-order valence-corrected chi connectivity index (χ4v) is 2.34. The maximum absolute atomic E-state index is 14.0. The van der Waals surface area contributed by atoms with Crippen molar-refractivity contribution in [3.05, 3.63) is 53.2 Å². The average Bonchev–Trinajstić information content (AvgIpc) is 2.56.